The fraction of sp³-hybridized carbons (Fsp3) is 0.364. The lowest BCUT2D eigenvalue weighted by molar-refractivity contribution is -0.0592. The summed E-state index contributed by atoms with van der Waals surface area (Å²) in [6, 6.07) is 17.4. The summed E-state index contributed by atoms with van der Waals surface area (Å²) in [5.41, 5.74) is 3.56. The maximum absolute atomic E-state index is 14.8. The van der Waals surface area contributed by atoms with Gasteiger partial charge in [-0.05, 0) is 74.7 Å². The molecule has 7 rings (SSSR count). The van der Waals surface area contributed by atoms with Gasteiger partial charge in [0.2, 0.25) is 0 Å². The topological polar surface area (TPSA) is 110 Å². The van der Waals surface area contributed by atoms with Gasteiger partial charge in [0.15, 0.2) is 17.6 Å². The molecule has 43 heavy (non-hydrogen) atoms. The van der Waals surface area contributed by atoms with Crippen LogP contribution in [0.3, 0.4) is 0 Å². The molecule has 0 amide bonds. The number of imidazole rings is 1. The van der Waals surface area contributed by atoms with Crippen LogP contribution in [0.1, 0.15) is 64.2 Å². The summed E-state index contributed by atoms with van der Waals surface area (Å²) in [5.74, 6) is 1.06. The number of benzene rings is 3. The number of carbonyl (C=O) groups is 1. The maximum Gasteiger partial charge on any atom is 0.335 e. The number of aromatic carboxylic acids is 1. The zero-order valence-corrected chi connectivity index (χ0v) is 23.5. The van der Waals surface area contributed by atoms with Crippen molar-refractivity contribution >= 4 is 17.0 Å². The number of nitrogens with zero attached hydrogens (tertiary/aromatic N) is 4. The number of likely N-dealkylation sites (tertiary alicyclic amines) is 1. The molecule has 220 valence electrons. The molecular formula is C33H31FN4O5. The Hall–Kier alpha value is -4.46. The second-order valence-corrected chi connectivity index (χ2v) is 11.4. The number of fused-ring (bicyclic) bond motifs is 2. The van der Waals surface area contributed by atoms with Crippen LogP contribution in [0.4, 0.5) is 4.39 Å². The quantitative estimate of drug-likeness (QED) is 0.307. The van der Waals surface area contributed by atoms with Crippen LogP contribution in [-0.2, 0) is 17.8 Å². The maximum atomic E-state index is 14.8. The van der Waals surface area contributed by atoms with Gasteiger partial charge in [0.25, 0.3) is 0 Å². The molecule has 3 aromatic carbocycles. The van der Waals surface area contributed by atoms with Crippen molar-refractivity contribution in [1.82, 2.24) is 14.5 Å². The van der Waals surface area contributed by atoms with Gasteiger partial charge in [-0.15, -0.1) is 0 Å². The van der Waals surface area contributed by atoms with E-state index in [0.29, 0.717) is 30.2 Å². The highest BCUT2D eigenvalue weighted by molar-refractivity contribution is 5.92. The highest BCUT2D eigenvalue weighted by Crippen LogP contribution is 2.45. The van der Waals surface area contributed by atoms with Crippen LogP contribution < -0.4 is 9.47 Å². The fourth-order valence-corrected chi connectivity index (χ4v) is 6.31. The lowest BCUT2D eigenvalue weighted by Crippen LogP contribution is -2.35. The van der Waals surface area contributed by atoms with Gasteiger partial charge in [0, 0.05) is 17.7 Å². The summed E-state index contributed by atoms with van der Waals surface area (Å²) in [7, 11) is 0. The third-order valence-corrected chi connectivity index (χ3v) is 8.78. The molecule has 2 atom stereocenters. The van der Waals surface area contributed by atoms with Crippen molar-refractivity contribution in [3.8, 4) is 17.6 Å². The third kappa shape index (κ3) is 5.31. The Bertz CT molecular complexity index is 1740. The minimum Gasteiger partial charge on any atom is -0.485 e. The average molecular weight is 583 g/mol. The summed E-state index contributed by atoms with van der Waals surface area (Å²) in [5, 5.41) is 18.6. The average Bonchev–Trinajstić information content (AvgIpc) is 3.34. The standard InChI is InChI=1S/C33H31FN4O5/c34-26-14-20(16-35)4-6-25(26)30-19-42-29-3-1-2-24(32(29)43-30)21-8-11-37(12-9-21)18-31-36-27-7-5-22(33(39)40)15-28(27)38(31)17-23-10-13-41-23/h1-7,14-15,21,23,30H,8-13,17-19H2,(H,39,40). The lowest BCUT2D eigenvalue weighted by Gasteiger charge is -2.35. The zero-order valence-electron chi connectivity index (χ0n) is 23.5. The van der Waals surface area contributed by atoms with Crippen molar-refractivity contribution in [2.45, 2.75) is 50.5 Å². The molecule has 0 aliphatic carbocycles. The Balaban J connectivity index is 1.07. The number of rotatable bonds is 7. The van der Waals surface area contributed by atoms with Gasteiger partial charge < -0.3 is 23.9 Å². The molecule has 2 saturated heterocycles. The molecule has 3 aliphatic heterocycles. The molecule has 0 radical (unpaired) electrons. The largest absolute Gasteiger partial charge is 0.485 e. The van der Waals surface area contributed by atoms with E-state index < -0.39 is 17.9 Å². The Morgan fingerprint density at radius 2 is 1.93 bits per heavy atom. The monoisotopic (exact) mass is 582 g/mol. The van der Waals surface area contributed by atoms with Gasteiger partial charge in [-0.25, -0.2) is 14.2 Å². The molecular weight excluding hydrogens is 551 g/mol. The van der Waals surface area contributed by atoms with Gasteiger partial charge in [0.05, 0.1) is 47.4 Å². The Morgan fingerprint density at radius 1 is 1.09 bits per heavy atom. The molecule has 3 aliphatic rings. The number of piperidine rings is 1. The number of para-hydroxylation sites is 1. The van der Waals surface area contributed by atoms with Crippen LogP contribution in [0.15, 0.2) is 54.6 Å². The van der Waals surface area contributed by atoms with E-state index in [-0.39, 0.29) is 29.8 Å². The second kappa shape index (κ2) is 11.3. The molecule has 0 spiro atoms. The van der Waals surface area contributed by atoms with E-state index in [9.17, 15) is 14.3 Å². The molecule has 4 aromatic rings. The minimum atomic E-state index is -0.955. The number of ether oxygens (including phenoxy) is 3. The van der Waals surface area contributed by atoms with Crippen molar-refractivity contribution in [3.63, 3.8) is 0 Å². The van der Waals surface area contributed by atoms with E-state index >= 15 is 0 Å². The SMILES string of the molecule is N#Cc1ccc(C2COc3cccc(C4CCN(Cc5nc6ccc(C(=O)O)cc6n5CC5CCO5)CC4)c3O2)c(F)c1. The molecule has 9 nitrogen and oxygen atoms in total. The van der Waals surface area contributed by atoms with E-state index in [4.69, 9.17) is 24.5 Å². The smallest absolute Gasteiger partial charge is 0.335 e. The molecule has 1 N–H and O–H groups in total. The highest BCUT2D eigenvalue weighted by Gasteiger charge is 2.31. The summed E-state index contributed by atoms with van der Waals surface area (Å²) in [4.78, 5) is 18.9. The highest BCUT2D eigenvalue weighted by atomic mass is 19.1. The molecule has 4 heterocycles. The Labute approximate surface area is 248 Å². The van der Waals surface area contributed by atoms with Crippen LogP contribution in [0.5, 0.6) is 11.5 Å². The number of aromatic nitrogens is 2. The Morgan fingerprint density at radius 3 is 2.65 bits per heavy atom. The molecule has 2 fully saturated rings. The Kier molecular flexibility index (Phi) is 7.21. The van der Waals surface area contributed by atoms with Crippen LogP contribution in [-0.4, -0.2) is 57.9 Å². The van der Waals surface area contributed by atoms with E-state index in [1.807, 2.05) is 18.2 Å². The van der Waals surface area contributed by atoms with Gasteiger partial charge in [-0.2, -0.15) is 5.26 Å². The van der Waals surface area contributed by atoms with E-state index in [2.05, 4.69) is 15.5 Å². The number of nitriles is 1. The number of carboxylic acids is 1. The fourth-order valence-electron chi connectivity index (χ4n) is 6.31. The summed E-state index contributed by atoms with van der Waals surface area (Å²) >= 11 is 0. The summed E-state index contributed by atoms with van der Waals surface area (Å²) in [6.07, 6.45) is 2.31. The van der Waals surface area contributed by atoms with Crippen molar-refractivity contribution in [2.75, 3.05) is 26.3 Å². The number of halogens is 1. The first-order chi connectivity index (χ1) is 21.0. The molecule has 0 bridgehead atoms. The van der Waals surface area contributed by atoms with E-state index in [1.165, 1.54) is 6.07 Å². The van der Waals surface area contributed by atoms with Gasteiger partial charge in [-0.1, -0.05) is 18.2 Å². The van der Waals surface area contributed by atoms with Crippen molar-refractivity contribution in [3.05, 3.63) is 88.5 Å². The predicted molar refractivity (Wildman–Crippen MR) is 155 cm³/mol. The summed E-state index contributed by atoms with van der Waals surface area (Å²) < 4.78 is 35.0. The van der Waals surface area contributed by atoms with Gasteiger partial charge in [0.1, 0.15) is 18.2 Å². The lowest BCUT2D eigenvalue weighted by atomic mass is 9.88. The van der Waals surface area contributed by atoms with E-state index in [0.717, 1.165) is 61.4 Å². The second-order valence-electron chi connectivity index (χ2n) is 11.4. The van der Waals surface area contributed by atoms with Crippen molar-refractivity contribution in [2.24, 2.45) is 0 Å². The first-order valence-electron chi connectivity index (χ1n) is 14.6. The summed E-state index contributed by atoms with van der Waals surface area (Å²) in [6.45, 7) is 3.96. The number of carboxylic acid groups (broad SMARTS) is 1. The third-order valence-electron chi connectivity index (χ3n) is 8.78. The number of hydrogen-bond donors (Lipinski definition) is 1. The van der Waals surface area contributed by atoms with Crippen LogP contribution in [0, 0.1) is 17.1 Å². The zero-order chi connectivity index (χ0) is 29.5. The van der Waals surface area contributed by atoms with Gasteiger partial charge >= 0.3 is 5.97 Å². The predicted octanol–water partition coefficient (Wildman–Crippen LogP) is 5.43. The normalized spacial score (nSPS) is 20.5. The molecule has 1 aromatic heterocycles. The van der Waals surface area contributed by atoms with Crippen LogP contribution in [0.2, 0.25) is 0 Å². The molecule has 10 heteroatoms. The van der Waals surface area contributed by atoms with Crippen molar-refractivity contribution in [1.29, 1.82) is 5.26 Å². The first kappa shape index (κ1) is 27.4. The van der Waals surface area contributed by atoms with E-state index in [1.54, 1.807) is 30.3 Å². The van der Waals surface area contributed by atoms with Crippen LogP contribution in [0.25, 0.3) is 11.0 Å². The van der Waals surface area contributed by atoms with Gasteiger partial charge in [-0.3, -0.25) is 4.90 Å². The molecule has 2 unspecified atom stereocenters. The number of hydrogen-bond acceptors (Lipinski definition) is 7. The molecule has 0 saturated carbocycles. The van der Waals surface area contributed by atoms with Crippen molar-refractivity contribution < 1.29 is 28.5 Å². The minimum absolute atomic E-state index is 0.114. The van der Waals surface area contributed by atoms with Crippen LogP contribution >= 0.6 is 0 Å². The first-order valence-corrected chi connectivity index (χ1v) is 14.6.